The Hall–Kier alpha value is -1.62. The molecule has 0 bridgehead atoms. The van der Waals surface area contributed by atoms with Crippen molar-refractivity contribution >= 4 is 35.6 Å². The summed E-state index contributed by atoms with van der Waals surface area (Å²) in [5, 5.41) is 9.98. The molecule has 0 aromatic carbocycles. The summed E-state index contributed by atoms with van der Waals surface area (Å²) in [5.41, 5.74) is 4.14. The summed E-state index contributed by atoms with van der Waals surface area (Å²) in [5.74, 6) is -0.294. The van der Waals surface area contributed by atoms with Gasteiger partial charge in [0.15, 0.2) is 11.5 Å². The average Bonchev–Trinajstić information content (AvgIpc) is 2.96. The molecule has 1 amide bonds. The van der Waals surface area contributed by atoms with Gasteiger partial charge in [0.1, 0.15) is 0 Å². The summed E-state index contributed by atoms with van der Waals surface area (Å²) in [7, 11) is 0. The van der Waals surface area contributed by atoms with Crippen LogP contribution in [0.4, 0.5) is 13.2 Å². The number of aromatic nitrogens is 3. The monoisotopic (exact) mass is 413 g/mol. The summed E-state index contributed by atoms with van der Waals surface area (Å²) in [6.45, 7) is 0.627. The zero-order chi connectivity index (χ0) is 18.2. The average molecular weight is 414 g/mol. The van der Waals surface area contributed by atoms with Crippen LogP contribution in [-0.4, -0.2) is 39.3 Å². The number of carbonyl (C=O) groups excluding carboxylic acids is 1. The van der Waals surface area contributed by atoms with E-state index in [1.807, 2.05) is 0 Å². The van der Waals surface area contributed by atoms with Crippen LogP contribution in [0.25, 0.3) is 5.65 Å². The Bertz CT molecular complexity index is 806. The van der Waals surface area contributed by atoms with Gasteiger partial charge in [-0.15, -0.1) is 22.6 Å². The molecular formula is C14H16Cl2F3N5O2. The van der Waals surface area contributed by atoms with Crippen LogP contribution in [0.5, 0.6) is 0 Å². The lowest BCUT2D eigenvalue weighted by atomic mass is 9.90. The van der Waals surface area contributed by atoms with Gasteiger partial charge in [-0.3, -0.25) is 9.20 Å². The van der Waals surface area contributed by atoms with E-state index in [1.165, 1.54) is 0 Å². The third-order valence-corrected chi connectivity index (χ3v) is 4.38. The maximum Gasteiger partial charge on any atom is 0.417 e. The summed E-state index contributed by atoms with van der Waals surface area (Å²) < 4.78 is 45.1. The summed E-state index contributed by atoms with van der Waals surface area (Å²) >= 11 is 5.84. The Labute approximate surface area is 157 Å². The first kappa shape index (κ1) is 20.7. The first-order chi connectivity index (χ1) is 11.7. The van der Waals surface area contributed by atoms with Crippen LogP contribution in [0.2, 0.25) is 5.02 Å². The number of hydrogen-bond acceptors (Lipinski definition) is 5. The fourth-order valence-electron chi connectivity index (χ4n) is 2.57. The predicted octanol–water partition coefficient (Wildman–Crippen LogP) is 1.95. The van der Waals surface area contributed by atoms with Gasteiger partial charge in [-0.1, -0.05) is 11.6 Å². The second-order valence-corrected chi connectivity index (χ2v) is 6.24. The number of nitrogens with zero attached hydrogens (tertiary/aromatic N) is 3. The van der Waals surface area contributed by atoms with E-state index in [0.29, 0.717) is 26.1 Å². The molecule has 12 heteroatoms. The van der Waals surface area contributed by atoms with Crippen LogP contribution < -0.4 is 11.1 Å². The molecule has 0 unspecified atom stereocenters. The molecule has 0 aliphatic carbocycles. The zero-order valence-electron chi connectivity index (χ0n) is 13.3. The van der Waals surface area contributed by atoms with Crippen molar-refractivity contribution in [2.45, 2.75) is 31.1 Å². The van der Waals surface area contributed by atoms with Gasteiger partial charge in [-0.25, -0.2) is 0 Å². The number of ether oxygens (including phenoxy) is 1. The molecule has 144 valence electrons. The predicted molar refractivity (Wildman–Crippen MR) is 89.1 cm³/mol. The van der Waals surface area contributed by atoms with Crippen LogP contribution >= 0.6 is 24.0 Å². The lowest BCUT2D eigenvalue weighted by molar-refractivity contribution is -0.138. The Morgan fingerprint density at radius 3 is 2.65 bits per heavy atom. The van der Waals surface area contributed by atoms with E-state index in [0.717, 1.165) is 16.7 Å². The summed E-state index contributed by atoms with van der Waals surface area (Å²) in [4.78, 5) is 12.3. The van der Waals surface area contributed by atoms with Crippen molar-refractivity contribution in [1.82, 2.24) is 19.9 Å². The van der Waals surface area contributed by atoms with E-state index in [-0.39, 0.29) is 35.4 Å². The number of alkyl halides is 3. The first-order valence-corrected chi connectivity index (χ1v) is 7.84. The molecule has 1 fully saturated rings. The number of hydrogen-bond donors (Lipinski definition) is 2. The normalized spacial score (nSPS) is 17.0. The van der Waals surface area contributed by atoms with Gasteiger partial charge >= 0.3 is 6.18 Å². The number of nitrogens with one attached hydrogen (secondary N) is 1. The van der Waals surface area contributed by atoms with E-state index in [4.69, 9.17) is 22.1 Å². The molecule has 26 heavy (non-hydrogen) atoms. The topological polar surface area (TPSA) is 94.5 Å². The second kappa shape index (κ2) is 7.55. The highest BCUT2D eigenvalue weighted by molar-refractivity contribution is 6.33. The van der Waals surface area contributed by atoms with Crippen LogP contribution in [-0.2, 0) is 22.3 Å². The van der Waals surface area contributed by atoms with E-state index < -0.39 is 23.2 Å². The molecule has 1 aliphatic rings. The summed E-state index contributed by atoms with van der Waals surface area (Å²) in [6, 6.07) is 0.783. The summed E-state index contributed by atoms with van der Waals surface area (Å²) in [6.07, 6.45) is -2.99. The number of rotatable bonds is 3. The van der Waals surface area contributed by atoms with Crippen molar-refractivity contribution in [3.05, 3.63) is 28.7 Å². The number of carbonyl (C=O) groups is 1. The molecular weight excluding hydrogens is 398 g/mol. The smallest absolute Gasteiger partial charge is 0.381 e. The number of fused-ring (bicyclic) bond motifs is 1. The molecule has 0 radical (unpaired) electrons. The Morgan fingerprint density at radius 2 is 2.04 bits per heavy atom. The zero-order valence-corrected chi connectivity index (χ0v) is 14.9. The number of halogens is 5. The minimum Gasteiger partial charge on any atom is -0.381 e. The Morgan fingerprint density at radius 1 is 1.38 bits per heavy atom. The molecule has 3 rings (SSSR count). The van der Waals surface area contributed by atoms with Gasteiger partial charge in [0.25, 0.3) is 0 Å². The molecule has 2 aromatic rings. The van der Waals surface area contributed by atoms with Crippen LogP contribution in [0, 0.1) is 0 Å². The van der Waals surface area contributed by atoms with Crippen molar-refractivity contribution in [2.24, 2.45) is 5.73 Å². The molecule has 2 aromatic heterocycles. The SMILES string of the molecule is Cl.NC1(C(=O)NCc2nnc3c(Cl)cc(C(F)(F)F)cn23)CCOCC1. The Balaban J connectivity index is 0.00000243. The lowest BCUT2D eigenvalue weighted by Gasteiger charge is -2.31. The van der Waals surface area contributed by atoms with Crippen LogP contribution in [0.15, 0.2) is 12.3 Å². The third-order valence-electron chi connectivity index (χ3n) is 4.10. The molecule has 0 saturated carbocycles. The van der Waals surface area contributed by atoms with Gasteiger partial charge in [-0.2, -0.15) is 13.2 Å². The first-order valence-electron chi connectivity index (χ1n) is 7.46. The maximum absolute atomic E-state index is 12.9. The molecule has 0 atom stereocenters. The van der Waals surface area contributed by atoms with E-state index in [1.54, 1.807) is 0 Å². The molecule has 1 saturated heterocycles. The van der Waals surface area contributed by atoms with Gasteiger partial charge < -0.3 is 15.8 Å². The lowest BCUT2D eigenvalue weighted by Crippen LogP contribution is -2.56. The van der Waals surface area contributed by atoms with Crippen molar-refractivity contribution in [2.75, 3.05) is 13.2 Å². The van der Waals surface area contributed by atoms with Gasteiger partial charge in [-0.05, 0) is 18.9 Å². The quantitative estimate of drug-likeness (QED) is 0.801. The Kier molecular flexibility index (Phi) is 6.01. The molecule has 7 nitrogen and oxygen atoms in total. The fraction of sp³-hybridized carbons (Fsp3) is 0.500. The minimum absolute atomic E-state index is 0. The van der Waals surface area contributed by atoms with Crippen molar-refractivity contribution in [3.8, 4) is 0 Å². The van der Waals surface area contributed by atoms with Gasteiger partial charge in [0, 0.05) is 19.4 Å². The number of pyridine rings is 1. The maximum atomic E-state index is 12.9. The molecule has 3 N–H and O–H groups in total. The van der Waals surface area contributed by atoms with Crippen molar-refractivity contribution in [3.63, 3.8) is 0 Å². The highest BCUT2D eigenvalue weighted by Gasteiger charge is 2.36. The van der Waals surface area contributed by atoms with Crippen LogP contribution in [0.1, 0.15) is 24.2 Å². The third kappa shape index (κ3) is 4.03. The molecule has 0 spiro atoms. The highest BCUT2D eigenvalue weighted by atomic mass is 35.5. The van der Waals surface area contributed by atoms with E-state index >= 15 is 0 Å². The number of amides is 1. The fourth-order valence-corrected chi connectivity index (χ4v) is 2.82. The van der Waals surface area contributed by atoms with Crippen LogP contribution in [0.3, 0.4) is 0 Å². The highest BCUT2D eigenvalue weighted by Crippen LogP contribution is 2.32. The standard InChI is InChI=1S/C14H15ClF3N5O2.ClH/c15-9-5-8(14(16,17)18)7-23-10(21-22-11(9)23)6-20-12(24)13(19)1-3-25-4-2-13;/h5,7H,1-4,6,19H2,(H,20,24);1H. The second-order valence-electron chi connectivity index (χ2n) is 5.84. The number of nitrogens with two attached hydrogens (primary N) is 1. The molecule has 3 heterocycles. The van der Waals surface area contributed by atoms with Crippen molar-refractivity contribution < 1.29 is 22.7 Å². The van der Waals surface area contributed by atoms with Gasteiger partial charge in [0.05, 0.1) is 22.7 Å². The molecule has 1 aliphatic heterocycles. The van der Waals surface area contributed by atoms with Crippen molar-refractivity contribution in [1.29, 1.82) is 0 Å². The largest absolute Gasteiger partial charge is 0.417 e. The van der Waals surface area contributed by atoms with Gasteiger partial charge in [0.2, 0.25) is 5.91 Å². The van der Waals surface area contributed by atoms with E-state index in [2.05, 4.69) is 15.5 Å². The minimum atomic E-state index is -4.56. The van der Waals surface area contributed by atoms with E-state index in [9.17, 15) is 18.0 Å².